The van der Waals surface area contributed by atoms with E-state index >= 15 is 0 Å². The van der Waals surface area contributed by atoms with Crippen molar-refractivity contribution in [3.63, 3.8) is 0 Å². The lowest BCUT2D eigenvalue weighted by molar-refractivity contribution is -0.384. The molecule has 1 fully saturated rings. The van der Waals surface area contributed by atoms with Crippen LogP contribution in [0.2, 0.25) is 0 Å². The summed E-state index contributed by atoms with van der Waals surface area (Å²) in [5, 5.41) is 10.5. The van der Waals surface area contributed by atoms with E-state index in [0.29, 0.717) is 13.2 Å². The predicted molar refractivity (Wildman–Crippen MR) is 64.0 cm³/mol. The van der Waals surface area contributed by atoms with Crippen molar-refractivity contribution in [3.05, 3.63) is 34.4 Å². The van der Waals surface area contributed by atoms with Gasteiger partial charge in [-0.3, -0.25) is 10.1 Å². The molecule has 1 saturated heterocycles. The molecule has 19 heavy (non-hydrogen) atoms. The van der Waals surface area contributed by atoms with Gasteiger partial charge in [0, 0.05) is 18.1 Å². The second kappa shape index (κ2) is 5.66. The molecule has 0 aromatic heterocycles. The summed E-state index contributed by atoms with van der Waals surface area (Å²) in [6, 6.07) is 5.19. The van der Waals surface area contributed by atoms with E-state index in [4.69, 9.17) is 14.2 Å². The SMILES string of the molecule is C[C@H]1COC[C@@H]1OC(=O)Oc1ccc([N+](=O)[O-])cc1. The van der Waals surface area contributed by atoms with Gasteiger partial charge in [-0.05, 0) is 12.1 Å². The summed E-state index contributed by atoms with van der Waals surface area (Å²) in [6.07, 6.45) is -1.15. The smallest absolute Gasteiger partial charge is 0.428 e. The van der Waals surface area contributed by atoms with Crippen LogP contribution >= 0.6 is 0 Å². The van der Waals surface area contributed by atoms with Crippen molar-refractivity contribution in [2.24, 2.45) is 5.92 Å². The van der Waals surface area contributed by atoms with Crippen molar-refractivity contribution in [2.75, 3.05) is 13.2 Å². The second-order valence-electron chi connectivity index (χ2n) is 4.27. The van der Waals surface area contributed by atoms with Gasteiger partial charge in [0.05, 0.1) is 18.1 Å². The Hall–Kier alpha value is -2.15. The number of carbonyl (C=O) groups is 1. The van der Waals surface area contributed by atoms with Crippen molar-refractivity contribution < 1.29 is 23.9 Å². The molecule has 2 atom stereocenters. The Balaban J connectivity index is 1.89. The molecule has 2 rings (SSSR count). The van der Waals surface area contributed by atoms with Gasteiger partial charge in [0.15, 0.2) is 0 Å². The number of nitro benzene ring substituents is 1. The van der Waals surface area contributed by atoms with Crippen LogP contribution in [0.1, 0.15) is 6.92 Å². The lowest BCUT2D eigenvalue weighted by Gasteiger charge is -2.13. The number of carbonyl (C=O) groups excluding carboxylic acids is 1. The molecular weight excluding hydrogens is 254 g/mol. The number of rotatable bonds is 3. The Morgan fingerprint density at radius 2 is 2.05 bits per heavy atom. The number of ether oxygens (including phenoxy) is 3. The third-order valence-electron chi connectivity index (χ3n) is 2.79. The minimum Gasteiger partial charge on any atom is -0.428 e. The minimum absolute atomic E-state index is 0.0708. The summed E-state index contributed by atoms with van der Waals surface area (Å²) in [5.41, 5.74) is -0.0708. The number of benzene rings is 1. The van der Waals surface area contributed by atoms with E-state index in [1.165, 1.54) is 24.3 Å². The van der Waals surface area contributed by atoms with E-state index in [1.54, 1.807) is 0 Å². The molecule has 0 saturated carbocycles. The molecule has 0 N–H and O–H groups in total. The lowest BCUT2D eigenvalue weighted by atomic mass is 10.1. The molecular formula is C12H13NO6. The maximum Gasteiger partial charge on any atom is 0.514 e. The first-order valence-corrected chi connectivity index (χ1v) is 5.77. The highest BCUT2D eigenvalue weighted by Gasteiger charge is 2.28. The predicted octanol–water partition coefficient (Wildman–Crippen LogP) is 2.15. The van der Waals surface area contributed by atoms with Gasteiger partial charge in [-0.25, -0.2) is 4.79 Å². The fourth-order valence-electron chi connectivity index (χ4n) is 1.67. The molecule has 0 amide bonds. The van der Waals surface area contributed by atoms with Crippen molar-refractivity contribution in [1.29, 1.82) is 0 Å². The first kappa shape index (κ1) is 13.3. The second-order valence-corrected chi connectivity index (χ2v) is 4.27. The van der Waals surface area contributed by atoms with Gasteiger partial charge in [-0.1, -0.05) is 6.92 Å². The molecule has 0 spiro atoms. The van der Waals surface area contributed by atoms with Crippen molar-refractivity contribution in [2.45, 2.75) is 13.0 Å². The zero-order valence-electron chi connectivity index (χ0n) is 10.3. The molecule has 1 aliphatic rings. The molecule has 7 nitrogen and oxygen atoms in total. The van der Waals surface area contributed by atoms with Gasteiger partial charge in [-0.2, -0.15) is 0 Å². The van der Waals surface area contributed by atoms with Crippen LogP contribution < -0.4 is 4.74 Å². The van der Waals surface area contributed by atoms with Crippen LogP contribution in [-0.2, 0) is 9.47 Å². The maximum atomic E-state index is 11.5. The summed E-state index contributed by atoms with van der Waals surface area (Å²) in [6.45, 7) is 2.82. The molecule has 1 heterocycles. The normalized spacial score (nSPS) is 21.9. The lowest BCUT2D eigenvalue weighted by Crippen LogP contribution is -2.25. The van der Waals surface area contributed by atoms with Crippen molar-refractivity contribution in [3.8, 4) is 5.75 Å². The molecule has 1 aromatic carbocycles. The fraction of sp³-hybridized carbons (Fsp3) is 0.417. The van der Waals surface area contributed by atoms with Crippen LogP contribution in [0.5, 0.6) is 5.75 Å². The highest BCUT2D eigenvalue weighted by Crippen LogP contribution is 2.20. The summed E-state index contributed by atoms with van der Waals surface area (Å²) in [5.74, 6) is 0.326. The fourth-order valence-corrected chi connectivity index (χ4v) is 1.67. The number of non-ortho nitro benzene ring substituents is 1. The number of hydrogen-bond donors (Lipinski definition) is 0. The average Bonchev–Trinajstić information content (AvgIpc) is 2.75. The molecule has 0 bridgehead atoms. The number of hydrogen-bond acceptors (Lipinski definition) is 6. The number of nitrogens with zero attached hydrogens (tertiary/aromatic N) is 1. The maximum absolute atomic E-state index is 11.5. The quantitative estimate of drug-likeness (QED) is 0.361. The molecule has 102 valence electrons. The third-order valence-corrected chi connectivity index (χ3v) is 2.79. The Bertz CT molecular complexity index is 472. The molecule has 0 aliphatic carbocycles. The van der Waals surface area contributed by atoms with Gasteiger partial charge in [0.1, 0.15) is 11.9 Å². The summed E-state index contributed by atoms with van der Waals surface area (Å²) >= 11 is 0. The van der Waals surface area contributed by atoms with E-state index in [9.17, 15) is 14.9 Å². The Labute approximate surface area is 109 Å². The van der Waals surface area contributed by atoms with Crippen LogP contribution in [0.3, 0.4) is 0 Å². The van der Waals surface area contributed by atoms with Gasteiger partial charge in [-0.15, -0.1) is 0 Å². The topological polar surface area (TPSA) is 87.9 Å². The minimum atomic E-state index is -0.837. The van der Waals surface area contributed by atoms with E-state index in [0.717, 1.165) is 0 Å². The van der Waals surface area contributed by atoms with Crippen LogP contribution in [0.4, 0.5) is 10.5 Å². The van der Waals surface area contributed by atoms with E-state index in [-0.39, 0.29) is 23.5 Å². The largest absolute Gasteiger partial charge is 0.514 e. The van der Waals surface area contributed by atoms with Gasteiger partial charge in [0.25, 0.3) is 5.69 Å². The van der Waals surface area contributed by atoms with Crippen molar-refractivity contribution in [1.82, 2.24) is 0 Å². The summed E-state index contributed by atoms with van der Waals surface area (Å²) < 4.78 is 15.2. The first-order chi connectivity index (χ1) is 9.06. The molecule has 0 radical (unpaired) electrons. The molecule has 1 aliphatic heterocycles. The number of nitro groups is 1. The van der Waals surface area contributed by atoms with Crippen LogP contribution in [-0.4, -0.2) is 30.4 Å². The molecule has 0 unspecified atom stereocenters. The van der Waals surface area contributed by atoms with E-state index in [1.807, 2.05) is 6.92 Å². The summed E-state index contributed by atoms with van der Waals surface area (Å²) in [4.78, 5) is 21.4. The average molecular weight is 267 g/mol. The van der Waals surface area contributed by atoms with Gasteiger partial charge >= 0.3 is 6.16 Å². The first-order valence-electron chi connectivity index (χ1n) is 5.77. The van der Waals surface area contributed by atoms with Crippen molar-refractivity contribution >= 4 is 11.8 Å². The molecule has 7 heteroatoms. The zero-order chi connectivity index (χ0) is 13.8. The standard InChI is InChI=1S/C12H13NO6/c1-8-6-17-7-11(8)19-12(14)18-10-4-2-9(3-5-10)13(15)16/h2-5,8,11H,6-7H2,1H3/t8-,11-/m0/s1. The highest BCUT2D eigenvalue weighted by molar-refractivity contribution is 5.64. The Morgan fingerprint density at radius 1 is 1.37 bits per heavy atom. The van der Waals surface area contributed by atoms with E-state index in [2.05, 4.69) is 0 Å². The van der Waals surface area contributed by atoms with Gasteiger partial charge in [0.2, 0.25) is 0 Å². The summed E-state index contributed by atoms with van der Waals surface area (Å²) in [7, 11) is 0. The monoisotopic (exact) mass is 267 g/mol. The van der Waals surface area contributed by atoms with Crippen LogP contribution in [0, 0.1) is 16.0 Å². The van der Waals surface area contributed by atoms with Crippen LogP contribution in [0.25, 0.3) is 0 Å². The Kier molecular flexibility index (Phi) is 3.96. The van der Waals surface area contributed by atoms with Crippen LogP contribution in [0.15, 0.2) is 24.3 Å². The third kappa shape index (κ3) is 3.41. The highest BCUT2D eigenvalue weighted by atomic mass is 16.7. The zero-order valence-corrected chi connectivity index (χ0v) is 10.3. The van der Waals surface area contributed by atoms with E-state index < -0.39 is 11.1 Å². The van der Waals surface area contributed by atoms with Gasteiger partial charge < -0.3 is 14.2 Å². The Morgan fingerprint density at radius 3 is 2.58 bits per heavy atom. The molecule has 1 aromatic rings.